The molecule has 0 spiro atoms. The number of nitrogens with one attached hydrogen (secondary N) is 3. The summed E-state index contributed by atoms with van der Waals surface area (Å²) in [4.78, 5) is 28.6. The van der Waals surface area contributed by atoms with Crippen molar-refractivity contribution < 1.29 is 9.59 Å². The van der Waals surface area contributed by atoms with Crippen molar-refractivity contribution in [1.29, 1.82) is 0 Å². The van der Waals surface area contributed by atoms with E-state index < -0.39 is 0 Å². The van der Waals surface area contributed by atoms with Crippen molar-refractivity contribution in [3.8, 4) is 0 Å². The summed E-state index contributed by atoms with van der Waals surface area (Å²) in [6.07, 6.45) is 0.377. The molecule has 0 atom stereocenters. The first kappa shape index (κ1) is 22.2. The first-order valence-electron chi connectivity index (χ1n) is 6.61. The van der Waals surface area contributed by atoms with Gasteiger partial charge in [0.2, 0.25) is 11.8 Å². The van der Waals surface area contributed by atoms with Crippen molar-refractivity contribution in [1.82, 2.24) is 20.9 Å². The minimum Gasteiger partial charge on any atom is -0.356 e. The second-order valence-electron chi connectivity index (χ2n) is 5.69. The Morgan fingerprint density at radius 2 is 1.71 bits per heavy atom. The summed E-state index contributed by atoms with van der Waals surface area (Å²) in [5.41, 5.74) is -0.256. The lowest BCUT2D eigenvalue weighted by Crippen LogP contribution is -2.48. The van der Waals surface area contributed by atoms with Crippen LogP contribution in [-0.4, -0.2) is 62.4 Å². The summed E-state index contributed by atoms with van der Waals surface area (Å²) in [5.74, 6) is 0.434. The summed E-state index contributed by atoms with van der Waals surface area (Å²) in [6.45, 7) is 6.37. The van der Waals surface area contributed by atoms with E-state index in [1.807, 2.05) is 20.8 Å². The van der Waals surface area contributed by atoms with Gasteiger partial charge < -0.3 is 20.9 Å². The zero-order valence-corrected chi connectivity index (χ0v) is 16.1. The van der Waals surface area contributed by atoms with Crippen LogP contribution in [0.3, 0.4) is 0 Å². The molecular formula is C13H28IN5O2. The molecule has 7 nitrogen and oxygen atoms in total. The van der Waals surface area contributed by atoms with Gasteiger partial charge in [0, 0.05) is 39.6 Å². The van der Waals surface area contributed by atoms with Crippen LogP contribution < -0.4 is 16.0 Å². The molecule has 0 unspecified atom stereocenters. The topological polar surface area (TPSA) is 85.8 Å². The standard InChI is InChI=1S/C13H27N5O2.HI/c1-13(2,3)17-10(19)9-16-12(14-4)15-8-7-11(20)18(5)6;/h7-9H2,1-6H3,(H,17,19)(H2,14,15,16);1H. The second kappa shape index (κ2) is 10.6. The Kier molecular flexibility index (Phi) is 11.3. The van der Waals surface area contributed by atoms with Crippen LogP contribution in [0.25, 0.3) is 0 Å². The lowest BCUT2D eigenvalue weighted by molar-refractivity contribution is -0.128. The number of carbonyl (C=O) groups excluding carboxylic acids is 2. The molecule has 0 heterocycles. The Morgan fingerprint density at radius 1 is 1.14 bits per heavy atom. The summed E-state index contributed by atoms with van der Waals surface area (Å²) in [7, 11) is 5.04. The lowest BCUT2D eigenvalue weighted by atomic mass is 10.1. The highest BCUT2D eigenvalue weighted by Gasteiger charge is 2.13. The van der Waals surface area contributed by atoms with Gasteiger partial charge in [0.1, 0.15) is 0 Å². The third kappa shape index (κ3) is 12.4. The largest absolute Gasteiger partial charge is 0.356 e. The minimum absolute atomic E-state index is 0. The highest BCUT2D eigenvalue weighted by atomic mass is 127. The van der Waals surface area contributed by atoms with Crippen LogP contribution in [0.1, 0.15) is 27.2 Å². The van der Waals surface area contributed by atoms with E-state index in [1.165, 1.54) is 4.90 Å². The molecule has 3 N–H and O–H groups in total. The van der Waals surface area contributed by atoms with Gasteiger partial charge in [-0.05, 0) is 20.8 Å². The first-order valence-corrected chi connectivity index (χ1v) is 6.61. The molecule has 0 saturated carbocycles. The molecule has 21 heavy (non-hydrogen) atoms. The van der Waals surface area contributed by atoms with Crippen LogP contribution in [0.2, 0.25) is 0 Å². The average molecular weight is 413 g/mol. The number of nitrogens with zero attached hydrogens (tertiary/aromatic N) is 2. The van der Waals surface area contributed by atoms with Crippen LogP contribution in [0, 0.1) is 0 Å². The molecule has 0 aromatic rings. The van der Waals surface area contributed by atoms with E-state index in [0.717, 1.165) is 0 Å². The zero-order valence-electron chi connectivity index (χ0n) is 13.7. The van der Waals surface area contributed by atoms with Gasteiger partial charge in [-0.1, -0.05) is 0 Å². The highest BCUT2D eigenvalue weighted by Crippen LogP contribution is 1.97. The van der Waals surface area contributed by atoms with Crippen molar-refractivity contribution in [2.45, 2.75) is 32.7 Å². The fourth-order valence-electron chi connectivity index (χ4n) is 1.36. The van der Waals surface area contributed by atoms with Crippen LogP contribution >= 0.6 is 24.0 Å². The maximum atomic E-state index is 11.6. The average Bonchev–Trinajstić information content (AvgIpc) is 2.30. The first-order chi connectivity index (χ1) is 9.15. The molecule has 2 amide bonds. The fraction of sp³-hybridized carbons (Fsp3) is 0.769. The van der Waals surface area contributed by atoms with E-state index in [2.05, 4.69) is 20.9 Å². The maximum absolute atomic E-state index is 11.6. The molecule has 0 aromatic carbocycles. The number of aliphatic imine (C=N–C) groups is 1. The number of hydrogen-bond donors (Lipinski definition) is 3. The van der Waals surface area contributed by atoms with Crippen molar-refractivity contribution in [3.63, 3.8) is 0 Å². The Hall–Kier alpha value is -1.06. The molecule has 0 aliphatic carbocycles. The predicted molar refractivity (Wildman–Crippen MR) is 96.0 cm³/mol. The molecule has 0 bridgehead atoms. The van der Waals surface area contributed by atoms with Gasteiger partial charge in [-0.15, -0.1) is 24.0 Å². The monoisotopic (exact) mass is 413 g/mol. The Bertz CT molecular complexity index is 364. The number of halogens is 1. The quantitative estimate of drug-likeness (QED) is 0.341. The third-order valence-electron chi connectivity index (χ3n) is 2.28. The number of hydrogen-bond acceptors (Lipinski definition) is 3. The van der Waals surface area contributed by atoms with E-state index in [9.17, 15) is 9.59 Å². The fourth-order valence-corrected chi connectivity index (χ4v) is 1.36. The predicted octanol–water partition coefficient (Wildman–Crippen LogP) is 0.162. The number of carbonyl (C=O) groups is 2. The third-order valence-corrected chi connectivity index (χ3v) is 2.28. The second-order valence-corrected chi connectivity index (χ2v) is 5.69. The van der Waals surface area contributed by atoms with Gasteiger partial charge in [0.15, 0.2) is 5.96 Å². The summed E-state index contributed by atoms with van der Waals surface area (Å²) >= 11 is 0. The maximum Gasteiger partial charge on any atom is 0.239 e. The van der Waals surface area contributed by atoms with Gasteiger partial charge in [-0.2, -0.15) is 0 Å². The van der Waals surface area contributed by atoms with E-state index in [1.54, 1.807) is 21.1 Å². The molecule has 0 radical (unpaired) electrons. The van der Waals surface area contributed by atoms with Gasteiger partial charge in [0.25, 0.3) is 0 Å². The molecule has 0 saturated heterocycles. The summed E-state index contributed by atoms with van der Waals surface area (Å²) < 4.78 is 0. The van der Waals surface area contributed by atoms with Gasteiger partial charge >= 0.3 is 0 Å². The molecule has 0 aliphatic heterocycles. The highest BCUT2D eigenvalue weighted by molar-refractivity contribution is 14.0. The summed E-state index contributed by atoms with van der Waals surface area (Å²) in [5, 5.41) is 8.72. The van der Waals surface area contributed by atoms with E-state index in [0.29, 0.717) is 18.9 Å². The van der Waals surface area contributed by atoms with Gasteiger partial charge in [-0.25, -0.2) is 0 Å². The molecule has 0 aromatic heterocycles. The lowest BCUT2D eigenvalue weighted by Gasteiger charge is -2.21. The van der Waals surface area contributed by atoms with Crippen molar-refractivity contribution in [2.24, 2.45) is 4.99 Å². The van der Waals surface area contributed by atoms with Crippen molar-refractivity contribution in [3.05, 3.63) is 0 Å². The Labute approximate surface area is 144 Å². The van der Waals surface area contributed by atoms with Crippen LogP contribution in [-0.2, 0) is 9.59 Å². The van der Waals surface area contributed by atoms with E-state index in [-0.39, 0.29) is 47.9 Å². The van der Waals surface area contributed by atoms with Gasteiger partial charge in [-0.3, -0.25) is 14.6 Å². The normalized spacial score (nSPS) is 11.2. The molecule has 8 heteroatoms. The zero-order chi connectivity index (χ0) is 15.8. The van der Waals surface area contributed by atoms with Crippen LogP contribution in [0.5, 0.6) is 0 Å². The molecule has 124 valence electrons. The van der Waals surface area contributed by atoms with Crippen LogP contribution in [0.15, 0.2) is 4.99 Å². The summed E-state index contributed by atoms with van der Waals surface area (Å²) in [6, 6.07) is 0. The molecule has 0 rings (SSSR count). The minimum atomic E-state index is -0.256. The smallest absolute Gasteiger partial charge is 0.239 e. The number of rotatable bonds is 5. The van der Waals surface area contributed by atoms with Crippen molar-refractivity contribution >= 4 is 41.8 Å². The molecule has 0 aliphatic rings. The number of amides is 2. The number of guanidine groups is 1. The van der Waals surface area contributed by atoms with E-state index in [4.69, 9.17) is 0 Å². The molecular weight excluding hydrogens is 385 g/mol. The Morgan fingerprint density at radius 3 is 2.14 bits per heavy atom. The molecule has 0 fully saturated rings. The SMILES string of the molecule is CN=C(NCCC(=O)N(C)C)NCC(=O)NC(C)(C)C.I. The Balaban J connectivity index is 0. The van der Waals surface area contributed by atoms with Crippen LogP contribution in [0.4, 0.5) is 0 Å². The van der Waals surface area contributed by atoms with Crippen molar-refractivity contribution in [2.75, 3.05) is 34.2 Å². The van der Waals surface area contributed by atoms with Gasteiger partial charge in [0.05, 0.1) is 6.54 Å². The van der Waals surface area contributed by atoms with E-state index >= 15 is 0 Å².